The summed E-state index contributed by atoms with van der Waals surface area (Å²) in [5, 5.41) is 6.61. The van der Waals surface area contributed by atoms with Gasteiger partial charge in [0, 0.05) is 31.5 Å². The molecule has 16 heavy (non-hydrogen) atoms. The zero-order valence-electron chi connectivity index (χ0n) is 10.1. The van der Waals surface area contributed by atoms with Crippen molar-refractivity contribution in [2.75, 3.05) is 30.4 Å². The Morgan fingerprint density at radius 3 is 2.19 bits per heavy atom. The van der Waals surface area contributed by atoms with Crippen molar-refractivity contribution in [3.63, 3.8) is 0 Å². The van der Waals surface area contributed by atoms with Crippen LogP contribution in [0.2, 0.25) is 0 Å². The highest BCUT2D eigenvalue weighted by Crippen LogP contribution is 2.17. The van der Waals surface area contributed by atoms with E-state index in [0.29, 0.717) is 5.11 Å². The maximum Gasteiger partial charge on any atom is 0.170 e. The molecule has 0 atom stereocenters. The molecule has 1 rings (SSSR count). The molecule has 0 heterocycles. The van der Waals surface area contributed by atoms with E-state index in [2.05, 4.69) is 41.5 Å². The fourth-order valence-electron chi connectivity index (χ4n) is 1.54. The molecule has 0 unspecified atom stereocenters. The van der Waals surface area contributed by atoms with Crippen LogP contribution in [-0.2, 0) is 0 Å². The molecule has 0 aromatic heterocycles. The molecule has 88 valence electrons. The number of nitrogens with zero attached hydrogens (tertiary/aromatic N) is 1. The topological polar surface area (TPSA) is 27.3 Å². The fourth-order valence-corrected chi connectivity index (χ4v) is 1.66. The van der Waals surface area contributed by atoms with E-state index in [9.17, 15) is 0 Å². The van der Waals surface area contributed by atoms with Crippen LogP contribution in [0.1, 0.15) is 13.8 Å². The van der Waals surface area contributed by atoms with Crippen molar-refractivity contribution in [2.45, 2.75) is 13.8 Å². The van der Waals surface area contributed by atoms with Gasteiger partial charge in [0.25, 0.3) is 0 Å². The summed E-state index contributed by atoms with van der Waals surface area (Å²) in [6.45, 7) is 6.37. The number of thiocarbonyl (C=S) groups is 1. The molecule has 0 aliphatic heterocycles. The lowest BCUT2D eigenvalue weighted by Gasteiger charge is -2.21. The van der Waals surface area contributed by atoms with Crippen molar-refractivity contribution in [2.24, 2.45) is 0 Å². The first kappa shape index (κ1) is 12.8. The average Bonchev–Trinajstić information content (AvgIpc) is 2.32. The fraction of sp³-hybridized carbons (Fsp3) is 0.417. The minimum Gasteiger partial charge on any atom is -0.372 e. The molecule has 0 radical (unpaired) electrons. The molecule has 0 aliphatic carbocycles. The molecule has 3 nitrogen and oxygen atoms in total. The third kappa shape index (κ3) is 3.38. The highest BCUT2D eigenvalue weighted by Gasteiger charge is 2.01. The molecule has 1 aromatic rings. The molecule has 0 saturated carbocycles. The Hall–Kier alpha value is -1.29. The van der Waals surface area contributed by atoms with Crippen molar-refractivity contribution in [3.05, 3.63) is 24.3 Å². The number of hydrogen-bond acceptors (Lipinski definition) is 2. The van der Waals surface area contributed by atoms with Crippen LogP contribution in [0.5, 0.6) is 0 Å². The molecule has 0 spiro atoms. The van der Waals surface area contributed by atoms with Gasteiger partial charge in [-0.25, -0.2) is 0 Å². The zero-order valence-corrected chi connectivity index (χ0v) is 10.9. The number of nitrogens with one attached hydrogen (secondary N) is 2. The minimum absolute atomic E-state index is 0.635. The first-order valence-electron chi connectivity index (χ1n) is 5.55. The standard InChI is InChI=1S/C12H19N3S/c1-4-15(5-2)11-8-6-10(7-9-11)14-12(16)13-3/h6-9H,4-5H2,1-3H3,(H2,13,14,16). The summed E-state index contributed by atoms with van der Waals surface area (Å²) >= 11 is 5.03. The largest absolute Gasteiger partial charge is 0.372 e. The Labute approximate surface area is 103 Å². The highest BCUT2D eigenvalue weighted by atomic mass is 32.1. The van der Waals surface area contributed by atoms with Gasteiger partial charge in [0.1, 0.15) is 0 Å². The summed E-state index contributed by atoms with van der Waals surface area (Å²) in [5.41, 5.74) is 2.25. The third-order valence-electron chi connectivity index (χ3n) is 2.48. The Bertz CT molecular complexity index is 331. The first-order chi connectivity index (χ1) is 7.71. The van der Waals surface area contributed by atoms with Crippen LogP contribution < -0.4 is 15.5 Å². The maximum atomic E-state index is 5.03. The lowest BCUT2D eigenvalue weighted by Crippen LogP contribution is -2.24. The van der Waals surface area contributed by atoms with E-state index in [0.717, 1.165) is 18.8 Å². The highest BCUT2D eigenvalue weighted by molar-refractivity contribution is 7.80. The van der Waals surface area contributed by atoms with E-state index >= 15 is 0 Å². The van der Waals surface area contributed by atoms with Gasteiger partial charge in [-0.05, 0) is 50.3 Å². The molecule has 2 N–H and O–H groups in total. The second-order valence-corrected chi connectivity index (χ2v) is 3.83. The van der Waals surface area contributed by atoms with Crippen LogP contribution in [0.25, 0.3) is 0 Å². The number of benzene rings is 1. The third-order valence-corrected chi connectivity index (χ3v) is 2.79. The van der Waals surface area contributed by atoms with Crippen LogP contribution in [0.3, 0.4) is 0 Å². The van der Waals surface area contributed by atoms with E-state index in [1.165, 1.54) is 5.69 Å². The van der Waals surface area contributed by atoms with Gasteiger partial charge in [0.2, 0.25) is 0 Å². The maximum absolute atomic E-state index is 5.03. The van der Waals surface area contributed by atoms with E-state index in [4.69, 9.17) is 12.2 Å². The Morgan fingerprint density at radius 1 is 1.19 bits per heavy atom. The van der Waals surface area contributed by atoms with Crippen molar-refractivity contribution in [1.29, 1.82) is 0 Å². The monoisotopic (exact) mass is 237 g/mol. The van der Waals surface area contributed by atoms with E-state index in [-0.39, 0.29) is 0 Å². The number of hydrogen-bond donors (Lipinski definition) is 2. The van der Waals surface area contributed by atoms with Gasteiger partial charge in [0.15, 0.2) is 5.11 Å². The Morgan fingerprint density at radius 2 is 1.75 bits per heavy atom. The predicted octanol–water partition coefficient (Wildman–Crippen LogP) is 2.45. The zero-order chi connectivity index (χ0) is 12.0. The molecule has 0 amide bonds. The van der Waals surface area contributed by atoms with Gasteiger partial charge in [-0.3, -0.25) is 0 Å². The smallest absolute Gasteiger partial charge is 0.170 e. The van der Waals surface area contributed by atoms with Crippen LogP contribution in [-0.4, -0.2) is 25.2 Å². The second kappa shape index (κ2) is 6.33. The Balaban J connectivity index is 2.70. The van der Waals surface area contributed by atoms with Crippen LogP contribution in [0.4, 0.5) is 11.4 Å². The van der Waals surface area contributed by atoms with Crippen molar-refractivity contribution >= 4 is 28.7 Å². The van der Waals surface area contributed by atoms with E-state index in [1.807, 2.05) is 12.1 Å². The predicted molar refractivity (Wildman–Crippen MR) is 75.3 cm³/mol. The normalized spacial score (nSPS) is 9.69. The number of anilines is 2. The quantitative estimate of drug-likeness (QED) is 0.787. The summed E-state index contributed by atoms with van der Waals surface area (Å²) in [7, 11) is 1.81. The molecule has 4 heteroatoms. The molecule has 0 aliphatic rings. The average molecular weight is 237 g/mol. The summed E-state index contributed by atoms with van der Waals surface area (Å²) in [5.74, 6) is 0. The second-order valence-electron chi connectivity index (χ2n) is 3.42. The lowest BCUT2D eigenvalue weighted by molar-refractivity contribution is 0.866. The molecule has 0 saturated heterocycles. The van der Waals surface area contributed by atoms with Gasteiger partial charge in [-0.1, -0.05) is 0 Å². The van der Waals surface area contributed by atoms with Crippen molar-refractivity contribution in [3.8, 4) is 0 Å². The summed E-state index contributed by atoms with van der Waals surface area (Å²) < 4.78 is 0. The van der Waals surface area contributed by atoms with Gasteiger partial charge >= 0.3 is 0 Å². The van der Waals surface area contributed by atoms with Gasteiger partial charge in [-0.2, -0.15) is 0 Å². The first-order valence-corrected chi connectivity index (χ1v) is 5.95. The minimum atomic E-state index is 0.635. The molecule has 0 fully saturated rings. The molecular formula is C12H19N3S. The van der Waals surface area contributed by atoms with Crippen molar-refractivity contribution < 1.29 is 0 Å². The Kier molecular flexibility index (Phi) is 5.05. The van der Waals surface area contributed by atoms with Gasteiger partial charge in [-0.15, -0.1) is 0 Å². The molecule has 0 bridgehead atoms. The van der Waals surface area contributed by atoms with Crippen LogP contribution >= 0.6 is 12.2 Å². The van der Waals surface area contributed by atoms with Crippen molar-refractivity contribution in [1.82, 2.24) is 5.32 Å². The SMILES string of the molecule is CCN(CC)c1ccc(NC(=S)NC)cc1. The van der Waals surface area contributed by atoms with E-state index < -0.39 is 0 Å². The molecule has 1 aromatic carbocycles. The summed E-state index contributed by atoms with van der Waals surface area (Å²) in [6.07, 6.45) is 0. The summed E-state index contributed by atoms with van der Waals surface area (Å²) in [6, 6.07) is 8.29. The van der Waals surface area contributed by atoms with Crippen LogP contribution in [0, 0.1) is 0 Å². The van der Waals surface area contributed by atoms with Crippen LogP contribution in [0.15, 0.2) is 24.3 Å². The summed E-state index contributed by atoms with van der Waals surface area (Å²) in [4.78, 5) is 2.31. The van der Waals surface area contributed by atoms with Gasteiger partial charge < -0.3 is 15.5 Å². The molecular weight excluding hydrogens is 218 g/mol. The number of rotatable bonds is 4. The van der Waals surface area contributed by atoms with E-state index in [1.54, 1.807) is 7.05 Å². The lowest BCUT2D eigenvalue weighted by atomic mass is 10.2. The van der Waals surface area contributed by atoms with Gasteiger partial charge in [0.05, 0.1) is 0 Å².